The van der Waals surface area contributed by atoms with Gasteiger partial charge in [-0.25, -0.2) is 4.68 Å². The summed E-state index contributed by atoms with van der Waals surface area (Å²) in [5, 5.41) is 8.33. The maximum Gasteiger partial charge on any atom is 0.129 e. The van der Waals surface area contributed by atoms with Crippen LogP contribution in [0.25, 0.3) is 16.8 Å². The number of aromatic nitrogens is 4. The van der Waals surface area contributed by atoms with Gasteiger partial charge in [-0.2, -0.15) is 10.2 Å². The minimum absolute atomic E-state index is 0.668. The van der Waals surface area contributed by atoms with Gasteiger partial charge in [0.1, 0.15) is 5.82 Å². The van der Waals surface area contributed by atoms with E-state index in [-0.39, 0.29) is 0 Å². The Kier molecular flexibility index (Phi) is 2.37. The summed E-state index contributed by atoms with van der Waals surface area (Å²) in [5.74, 6) is 0.668. The van der Waals surface area contributed by atoms with Gasteiger partial charge in [0.05, 0.1) is 11.9 Å². The number of nitrogens with zero attached hydrogens (tertiary/aromatic N) is 4. The number of nitrogens with two attached hydrogens (primary N) is 1. The van der Waals surface area contributed by atoms with E-state index in [2.05, 4.69) is 10.2 Å². The molecule has 0 saturated heterocycles. The molecule has 3 aromatic rings. The zero-order chi connectivity index (χ0) is 12.5. The molecule has 18 heavy (non-hydrogen) atoms. The Hall–Kier alpha value is -2.56. The average Bonchev–Trinajstić information content (AvgIpc) is 3.02. The summed E-state index contributed by atoms with van der Waals surface area (Å²) in [7, 11) is 1.83. The van der Waals surface area contributed by atoms with Crippen molar-refractivity contribution in [2.24, 2.45) is 7.05 Å². The van der Waals surface area contributed by atoms with Gasteiger partial charge in [0.15, 0.2) is 0 Å². The van der Waals surface area contributed by atoms with Crippen molar-refractivity contribution < 1.29 is 0 Å². The first-order valence-electron chi connectivity index (χ1n) is 5.63. The largest absolute Gasteiger partial charge is 0.383 e. The average molecular weight is 239 g/mol. The highest BCUT2D eigenvalue weighted by Crippen LogP contribution is 2.25. The topological polar surface area (TPSA) is 61.7 Å². The van der Waals surface area contributed by atoms with E-state index in [1.165, 1.54) is 0 Å². The second-order valence-corrected chi connectivity index (χ2v) is 4.06. The fourth-order valence-electron chi connectivity index (χ4n) is 1.88. The molecule has 0 bridgehead atoms. The number of rotatable bonds is 2. The van der Waals surface area contributed by atoms with Gasteiger partial charge in [0.25, 0.3) is 0 Å². The van der Waals surface area contributed by atoms with Crippen molar-refractivity contribution in [1.82, 2.24) is 19.6 Å². The lowest BCUT2D eigenvalue weighted by Gasteiger charge is -2.04. The second-order valence-electron chi connectivity index (χ2n) is 4.06. The summed E-state index contributed by atoms with van der Waals surface area (Å²) in [6.07, 6.45) is 5.44. The number of hydrogen-bond donors (Lipinski definition) is 1. The Balaban J connectivity index is 1.99. The summed E-state index contributed by atoms with van der Waals surface area (Å²) in [4.78, 5) is 0. The van der Waals surface area contributed by atoms with Gasteiger partial charge < -0.3 is 5.73 Å². The molecule has 0 spiro atoms. The third kappa shape index (κ3) is 1.66. The van der Waals surface area contributed by atoms with Crippen LogP contribution in [0.5, 0.6) is 0 Å². The van der Waals surface area contributed by atoms with Crippen molar-refractivity contribution in [3.8, 4) is 16.8 Å². The molecule has 3 rings (SSSR count). The normalized spacial score (nSPS) is 10.7. The second kappa shape index (κ2) is 4.03. The van der Waals surface area contributed by atoms with Gasteiger partial charge in [-0.1, -0.05) is 12.1 Å². The van der Waals surface area contributed by atoms with E-state index < -0.39 is 0 Å². The van der Waals surface area contributed by atoms with Crippen molar-refractivity contribution in [3.63, 3.8) is 0 Å². The Morgan fingerprint density at radius 1 is 1.11 bits per heavy atom. The fourth-order valence-corrected chi connectivity index (χ4v) is 1.88. The molecule has 0 unspecified atom stereocenters. The number of nitrogen functional groups attached to an aromatic ring is 1. The molecule has 5 nitrogen and oxygen atoms in total. The van der Waals surface area contributed by atoms with Crippen LogP contribution in [0.4, 0.5) is 5.82 Å². The van der Waals surface area contributed by atoms with Crippen molar-refractivity contribution in [2.75, 3.05) is 5.73 Å². The predicted octanol–water partition coefficient (Wildman–Crippen LogP) is 1.85. The molecule has 0 atom stereocenters. The van der Waals surface area contributed by atoms with Crippen LogP contribution in [-0.2, 0) is 7.05 Å². The molecule has 0 fully saturated rings. The maximum atomic E-state index is 5.95. The lowest BCUT2D eigenvalue weighted by atomic mass is 10.1. The van der Waals surface area contributed by atoms with Crippen LogP contribution in [0, 0.1) is 0 Å². The summed E-state index contributed by atoms with van der Waals surface area (Å²) in [6.45, 7) is 0. The zero-order valence-electron chi connectivity index (χ0n) is 9.99. The standard InChI is InChI=1S/C13H13N5/c1-17-13(14)12(9-16-17)10-3-5-11(6-4-10)18-8-2-7-15-18/h2-9H,14H2,1H3. The third-order valence-electron chi connectivity index (χ3n) is 2.93. The zero-order valence-corrected chi connectivity index (χ0v) is 9.99. The molecule has 90 valence electrons. The Labute approximate surface area is 104 Å². The molecule has 0 radical (unpaired) electrons. The monoisotopic (exact) mass is 239 g/mol. The highest BCUT2D eigenvalue weighted by Gasteiger charge is 2.07. The number of anilines is 1. The summed E-state index contributed by atoms with van der Waals surface area (Å²) < 4.78 is 3.48. The van der Waals surface area contributed by atoms with Crippen LogP contribution >= 0.6 is 0 Å². The first-order chi connectivity index (χ1) is 8.75. The highest BCUT2D eigenvalue weighted by atomic mass is 15.3. The predicted molar refractivity (Wildman–Crippen MR) is 70.2 cm³/mol. The minimum Gasteiger partial charge on any atom is -0.383 e. The van der Waals surface area contributed by atoms with Gasteiger partial charge in [0.2, 0.25) is 0 Å². The minimum atomic E-state index is 0.668. The van der Waals surface area contributed by atoms with Crippen molar-refractivity contribution >= 4 is 5.82 Å². The third-order valence-corrected chi connectivity index (χ3v) is 2.93. The molecule has 0 saturated carbocycles. The van der Waals surface area contributed by atoms with E-state index in [0.717, 1.165) is 16.8 Å². The number of aryl methyl sites for hydroxylation is 1. The smallest absolute Gasteiger partial charge is 0.129 e. The van der Waals surface area contributed by atoms with Crippen molar-refractivity contribution in [3.05, 3.63) is 48.9 Å². The van der Waals surface area contributed by atoms with Crippen LogP contribution in [0.15, 0.2) is 48.9 Å². The van der Waals surface area contributed by atoms with Gasteiger partial charge in [-0.05, 0) is 23.8 Å². The van der Waals surface area contributed by atoms with Crippen molar-refractivity contribution in [1.29, 1.82) is 0 Å². The Bertz CT molecular complexity index is 649. The number of hydrogen-bond acceptors (Lipinski definition) is 3. The molecule has 2 aromatic heterocycles. The molecule has 2 heterocycles. The summed E-state index contributed by atoms with van der Waals surface area (Å²) in [6, 6.07) is 9.95. The van der Waals surface area contributed by atoms with E-state index in [9.17, 15) is 0 Å². The molecule has 0 aliphatic rings. The lowest BCUT2D eigenvalue weighted by Crippen LogP contribution is -1.98. The molecular formula is C13H13N5. The van der Waals surface area contributed by atoms with Gasteiger partial charge in [-0.15, -0.1) is 0 Å². The van der Waals surface area contributed by atoms with Crippen LogP contribution in [-0.4, -0.2) is 19.6 Å². The maximum absolute atomic E-state index is 5.95. The molecule has 0 aliphatic heterocycles. The van der Waals surface area contributed by atoms with E-state index in [0.29, 0.717) is 5.82 Å². The van der Waals surface area contributed by atoms with Crippen molar-refractivity contribution in [2.45, 2.75) is 0 Å². The Morgan fingerprint density at radius 3 is 2.44 bits per heavy atom. The van der Waals surface area contributed by atoms with Gasteiger partial charge in [-0.3, -0.25) is 4.68 Å². The van der Waals surface area contributed by atoms with E-state index in [1.807, 2.05) is 48.3 Å². The molecular weight excluding hydrogens is 226 g/mol. The van der Waals surface area contributed by atoms with Gasteiger partial charge >= 0.3 is 0 Å². The molecule has 0 aliphatic carbocycles. The van der Waals surface area contributed by atoms with Crippen LogP contribution in [0.3, 0.4) is 0 Å². The first-order valence-corrected chi connectivity index (χ1v) is 5.63. The molecule has 5 heteroatoms. The quantitative estimate of drug-likeness (QED) is 0.742. The van der Waals surface area contributed by atoms with Crippen LogP contribution in [0.1, 0.15) is 0 Å². The summed E-state index contributed by atoms with van der Waals surface area (Å²) in [5.41, 5.74) is 8.97. The first kappa shape index (κ1) is 10.6. The van der Waals surface area contributed by atoms with E-state index in [4.69, 9.17) is 5.73 Å². The van der Waals surface area contributed by atoms with Crippen LogP contribution < -0.4 is 5.73 Å². The molecule has 1 aromatic carbocycles. The highest BCUT2D eigenvalue weighted by molar-refractivity contribution is 5.73. The summed E-state index contributed by atoms with van der Waals surface area (Å²) >= 11 is 0. The van der Waals surface area contributed by atoms with Gasteiger partial charge in [0, 0.05) is 25.0 Å². The SMILES string of the molecule is Cn1ncc(-c2ccc(-n3cccn3)cc2)c1N. The molecule has 0 amide bonds. The van der Waals surface area contributed by atoms with E-state index >= 15 is 0 Å². The number of benzene rings is 1. The molecule has 2 N–H and O–H groups in total. The van der Waals surface area contributed by atoms with Crippen LogP contribution in [0.2, 0.25) is 0 Å². The van der Waals surface area contributed by atoms with E-state index in [1.54, 1.807) is 17.1 Å². The lowest BCUT2D eigenvalue weighted by molar-refractivity contribution is 0.779. The Morgan fingerprint density at radius 2 is 1.89 bits per heavy atom. The fraction of sp³-hybridized carbons (Fsp3) is 0.0769.